The van der Waals surface area contributed by atoms with Gasteiger partial charge in [0.15, 0.2) is 6.04 Å². The minimum Gasteiger partial charge on any atom is -0.480 e. The number of nitrogens with one attached hydrogen (secondary N) is 2. The first-order valence-corrected chi connectivity index (χ1v) is 5.97. The van der Waals surface area contributed by atoms with Gasteiger partial charge in [-0.05, 0) is 34.1 Å². The van der Waals surface area contributed by atoms with E-state index >= 15 is 0 Å². The lowest BCUT2D eigenvalue weighted by atomic mass is 10.3. The molecule has 8 heteroatoms. The predicted octanol–water partition coefficient (Wildman–Crippen LogP) is 1.67. The van der Waals surface area contributed by atoms with Crippen LogP contribution in [0, 0.1) is 0 Å². The van der Waals surface area contributed by atoms with Gasteiger partial charge in [-0.15, -0.1) is 0 Å². The van der Waals surface area contributed by atoms with Gasteiger partial charge in [-0.1, -0.05) is 11.6 Å². The molecule has 1 rings (SSSR count). The number of urea groups is 1. The van der Waals surface area contributed by atoms with E-state index in [0.29, 0.717) is 15.2 Å². The molecule has 0 saturated heterocycles. The van der Waals surface area contributed by atoms with E-state index in [-0.39, 0.29) is 0 Å². The van der Waals surface area contributed by atoms with Gasteiger partial charge in [0.25, 0.3) is 0 Å². The Kier molecular flexibility index (Phi) is 5.39. The van der Waals surface area contributed by atoms with E-state index in [1.807, 2.05) is 0 Å². The van der Waals surface area contributed by atoms with E-state index in [4.69, 9.17) is 21.8 Å². The van der Waals surface area contributed by atoms with Crippen molar-refractivity contribution < 1.29 is 19.8 Å². The summed E-state index contributed by atoms with van der Waals surface area (Å²) in [5, 5.41) is 22.3. The zero-order chi connectivity index (χ0) is 13.7. The molecule has 1 aromatic rings. The maximum atomic E-state index is 11.5. The zero-order valence-corrected chi connectivity index (χ0v) is 11.3. The third-order valence-electron chi connectivity index (χ3n) is 1.96. The predicted molar refractivity (Wildman–Crippen MR) is 69.8 cm³/mol. The van der Waals surface area contributed by atoms with Crippen LogP contribution >= 0.6 is 27.5 Å². The highest BCUT2D eigenvalue weighted by Crippen LogP contribution is 2.25. The van der Waals surface area contributed by atoms with Gasteiger partial charge >= 0.3 is 12.0 Å². The highest BCUT2D eigenvalue weighted by molar-refractivity contribution is 9.10. The molecule has 6 nitrogen and oxygen atoms in total. The van der Waals surface area contributed by atoms with Crippen LogP contribution < -0.4 is 10.6 Å². The van der Waals surface area contributed by atoms with Crippen LogP contribution in [0.2, 0.25) is 5.02 Å². The van der Waals surface area contributed by atoms with Crippen molar-refractivity contribution in [2.75, 3.05) is 11.9 Å². The van der Waals surface area contributed by atoms with Gasteiger partial charge < -0.3 is 20.8 Å². The molecule has 98 valence electrons. The Hall–Kier alpha value is -1.31. The Bertz CT molecular complexity index is 469. The highest BCUT2D eigenvalue weighted by atomic mass is 79.9. The first-order chi connectivity index (χ1) is 8.43. The lowest BCUT2D eigenvalue weighted by Crippen LogP contribution is -2.45. The van der Waals surface area contributed by atoms with Gasteiger partial charge in [-0.2, -0.15) is 0 Å². The minimum absolute atomic E-state index is 0.391. The molecule has 4 N–H and O–H groups in total. The molecular formula is C10H10BrClN2O4. The van der Waals surface area contributed by atoms with Crippen molar-refractivity contribution in [1.82, 2.24) is 5.32 Å². The molecule has 2 amide bonds. The largest absolute Gasteiger partial charge is 0.480 e. The Morgan fingerprint density at radius 3 is 2.67 bits per heavy atom. The quantitative estimate of drug-likeness (QED) is 0.671. The van der Waals surface area contributed by atoms with Crippen molar-refractivity contribution in [2.45, 2.75) is 6.04 Å². The Morgan fingerprint density at radius 2 is 2.11 bits per heavy atom. The van der Waals surface area contributed by atoms with E-state index in [2.05, 4.69) is 26.6 Å². The van der Waals surface area contributed by atoms with Crippen molar-refractivity contribution in [2.24, 2.45) is 0 Å². The second-order valence-corrected chi connectivity index (χ2v) is 4.59. The molecule has 1 atom stereocenters. The van der Waals surface area contributed by atoms with Crippen LogP contribution in [-0.2, 0) is 4.79 Å². The van der Waals surface area contributed by atoms with Gasteiger partial charge in [0.1, 0.15) is 0 Å². The number of benzene rings is 1. The molecule has 0 aliphatic carbocycles. The fraction of sp³-hybridized carbons (Fsp3) is 0.200. The molecule has 0 fully saturated rings. The van der Waals surface area contributed by atoms with Crippen LogP contribution in [-0.4, -0.2) is 34.9 Å². The number of carboxylic acids is 1. The first kappa shape index (κ1) is 14.7. The zero-order valence-electron chi connectivity index (χ0n) is 8.98. The molecule has 0 aliphatic rings. The van der Waals surface area contributed by atoms with E-state index in [9.17, 15) is 9.59 Å². The van der Waals surface area contributed by atoms with E-state index < -0.39 is 24.6 Å². The summed E-state index contributed by atoms with van der Waals surface area (Å²) >= 11 is 8.96. The first-order valence-electron chi connectivity index (χ1n) is 4.80. The van der Waals surface area contributed by atoms with E-state index in [0.717, 1.165) is 0 Å². The Balaban J connectivity index is 2.70. The summed E-state index contributed by atoms with van der Waals surface area (Å²) in [6.45, 7) is -0.695. The SMILES string of the molecule is O=C(Nc1cc(Cl)ccc1Br)N[C@H](CO)C(=O)O. The monoisotopic (exact) mass is 336 g/mol. The standard InChI is InChI=1S/C10H10BrClN2O4/c11-6-2-1-5(12)3-7(6)13-10(18)14-8(4-15)9(16)17/h1-3,8,15H,4H2,(H,16,17)(H2,13,14,18)/t8-/m1/s1. The van der Waals surface area contributed by atoms with Crippen LogP contribution in [0.15, 0.2) is 22.7 Å². The van der Waals surface area contributed by atoms with Crippen molar-refractivity contribution in [3.63, 3.8) is 0 Å². The molecule has 18 heavy (non-hydrogen) atoms. The minimum atomic E-state index is -1.36. The number of carboxylic acid groups (broad SMARTS) is 1. The number of carbonyl (C=O) groups excluding carboxylic acids is 1. The number of aliphatic hydroxyl groups is 1. The lowest BCUT2D eigenvalue weighted by Gasteiger charge is -2.13. The Labute approximate surface area is 116 Å². The van der Waals surface area contributed by atoms with E-state index in [1.165, 1.54) is 6.07 Å². The van der Waals surface area contributed by atoms with Gasteiger partial charge in [0.05, 0.1) is 12.3 Å². The normalized spacial score (nSPS) is 11.7. The fourth-order valence-corrected chi connectivity index (χ4v) is 1.61. The number of carbonyl (C=O) groups is 2. The molecule has 0 aliphatic heterocycles. The maximum Gasteiger partial charge on any atom is 0.328 e. The van der Waals surface area contributed by atoms with Crippen molar-refractivity contribution in [3.8, 4) is 0 Å². The van der Waals surface area contributed by atoms with Crippen LogP contribution in [0.5, 0.6) is 0 Å². The lowest BCUT2D eigenvalue weighted by molar-refractivity contribution is -0.140. The number of aliphatic hydroxyl groups excluding tert-OH is 1. The summed E-state index contributed by atoms with van der Waals surface area (Å²) in [5.74, 6) is -1.32. The maximum absolute atomic E-state index is 11.5. The molecule has 0 saturated carbocycles. The number of anilines is 1. The number of hydrogen-bond donors (Lipinski definition) is 4. The molecule has 0 unspecified atom stereocenters. The number of rotatable bonds is 4. The second kappa shape index (κ2) is 6.58. The van der Waals surface area contributed by atoms with Crippen molar-refractivity contribution in [1.29, 1.82) is 0 Å². The summed E-state index contributed by atoms with van der Waals surface area (Å²) in [7, 11) is 0. The van der Waals surface area contributed by atoms with Crippen molar-refractivity contribution in [3.05, 3.63) is 27.7 Å². The summed E-state index contributed by atoms with van der Waals surface area (Å²) in [4.78, 5) is 22.1. The molecular weight excluding hydrogens is 327 g/mol. The second-order valence-electron chi connectivity index (χ2n) is 3.30. The molecule has 0 radical (unpaired) electrons. The average molecular weight is 338 g/mol. The Morgan fingerprint density at radius 1 is 1.44 bits per heavy atom. The van der Waals surface area contributed by atoms with Crippen LogP contribution in [0.3, 0.4) is 0 Å². The number of amides is 2. The smallest absolute Gasteiger partial charge is 0.328 e. The molecule has 1 aromatic carbocycles. The summed E-state index contributed by atoms with van der Waals surface area (Å²) in [6.07, 6.45) is 0. The van der Waals surface area contributed by atoms with Crippen LogP contribution in [0.25, 0.3) is 0 Å². The molecule has 0 spiro atoms. The number of hydrogen-bond acceptors (Lipinski definition) is 3. The summed E-state index contributed by atoms with van der Waals surface area (Å²) in [5.41, 5.74) is 0.391. The van der Waals surface area contributed by atoms with Crippen LogP contribution in [0.4, 0.5) is 10.5 Å². The van der Waals surface area contributed by atoms with Gasteiger partial charge in [-0.25, -0.2) is 9.59 Å². The van der Waals surface area contributed by atoms with Gasteiger partial charge in [0, 0.05) is 9.50 Å². The molecule has 0 heterocycles. The van der Waals surface area contributed by atoms with Gasteiger partial charge in [0.2, 0.25) is 0 Å². The number of halogens is 2. The molecule has 0 bridgehead atoms. The average Bonchev–Trinajstić information content (AvgIpc) is 2.30. The third kappa shape index (κ3) is 4.17. The van der Waals surface area contributed by atoms with Crippen LogP contribution in [0.1, 0.15) is 0 Å². The summed E-state index contributed by atoms with van der Waals surface area (Å²) < 4.78 is 0.595. The fourth-order valence-electron chi connectivity index (χ4n) is 1.10. The van der Waals surface area contributed by atoms with E-state index in [1.54, 1.807) is 12.1 Å². The third-order valence-corrected chi connectivity index (χ3v) is 2.89. The van der Waals surface area contributed by atoms with Gasteiger partial charge in [-0.3, -0.25) is 0 Å². The summed E-state index contributed by atoms with van der Waals surface area (Å²) in [6, 6.07) is 2.66. The highest BCUT2D eigenvalue weighted by Gasteiger charge is 2.18. The molecule has 0 aromatic heterocycles. The topological polar surface area (TPSA) is 98.7 Å². The number of aliphatic carboxylic acids is 1. The van der Waals surface area contributed by atoms with Crippen molar-refractivity contribution >= 4 is 45.2 Å².